The molecule has 2 amide bonds. The Bertz CT molecular complexity index is 1520. The molecular formula is C30H36N6O6. The first-order valence-corrected chi connectivity index (χ1v) is 14.1. The van der Waals surface area contributed by atoms with Crippen LogP contribution < -0.4 is 14.8 Å². The minimum Gasteiger partial charge on any atom is -0.493 e. The fraction of sp³-hybridized carbons (Fsp3) is 0.433. The molecule has 42 heavy (non-hydrogen) atoms. The predicted octanol–water partition coefficient (Wildman–Crippen LogP) is 4.03. The fourth-order valence-electron chi connectivity index (χ4n) is 5.23. The predicted molar refractivity (Wildman–Crippen MR) is 152 cm³/mol. The zero-order valence-corrected chi connectivity index (χ0v) is 24.3. The number of carbonyl (C=O) groups excluding carboxylic acids is 2. The molecule has 3 heterocycles. The Morgan fingerprint density at radius 1 is 1.02 bits per heavy atom. The molecule has 1 atom stereocenters. The lowest BCUT2D eigenvalue weighted by Crippen LogP contribution is -2.47. The quantitative estimate of drug-likeness (QED) is 0.265. The van der Waals surface area contributed by atoms with Gasteiger partial charge in [-0.3, -0.25) is 9.59 Å². The molecule has 0 bridgehead atoms. The second-order valence-electron chi connectivity index (χ2n) is 10.4. The van der Waals surface area contributed by atoms with Crippen molar-refractivity contribution in [2.75, 3.05) is 20.8 Å². The van der Waals surface area contributed by atoms with Crippen molar-refractivity contribution < 1.29 is 27.9 Å². The molecule has 0 aliphatic heterocycles. The third-order valence-electron chi connectivity index (χ3n) is 7.39. The van der Waals surface area contributed by atoms with Gasteiger partial charge in [0.1, 0.15) is 23.8 Å². The highest BCUT2D eigenvalue weighted by Gasteiger charge is 2.35. The van der Waals surface area contributed by atoms with Crippen LogP contribution in [0.1, 0.15) is 54.6 Å². The van der Waals surface area contributed by atoms with E-state index in [0.29, 0.717) is 41.0 Å². The molecule has 0 saturated heterocycles. The first-order chi connectivity index (χ1) is 20.3. The smallest absolute Gasteiger partial charge is 0.250 e. The Kier molecular flexibility index (Phi) is 8.89. The topological polar surface area (TPSA) is 138 Å². The monoisotopic (exact) mass is 576 g/mol. The van der Waals surface area contributed by atoms with Crippen LogP contribution in [0.15, 0.2) is 51.3 Å². The molecule has 0 radical (unpaired) electrons. The summed E-state index contributed by atoms with van der Waals surface area (Å²) in [6.45, 7) is 3.62. The molecule has 1 aromatic carbocycles. The lowest BCUT2D eigenvalue weighted by atomic mass is 10.1. The summed E-state index contributed by atoms with van der Waals surface area (Å²) < 4.78 is 22.4. The molecule has 5 rings (SSSR count). The Balaban J connectivity index is 1.44. The Morgan fingerprint density at radius 2 is 1.76 bits per heavy atom. The van der Waals surface area contributed by atoms with Crippen molar-refractivity contribution in [3.05, 3.63) is 65.3 Å². The Hall–Kier alpha value is -4.61. The third-order valence-corrected chi connectivity index (χ3v) is 7.39. The molecule has 222 valence electrons. The minimum absolute atomic E-state index is 0.0650. The number of nitrogens with zero attached hydrogens (tertiary/aromatic N) is 5. The molecule has 12 nitrogen and oxygen atoms in total. The van der Waals surface area contributed by atoms with Crippen molar-refractivity contribution in [2.45, 2.75) is 64.6 Å². The zero-order valence-electron chi connectivity index (χ0n) is 24.3. The lowest BCUT2D eigenvalue weighted by Gasteiger charge is -2.30. The van der Waals surface area contributed by atoms with Gasteiger partial charge in [-0.2, -0.15) is 4.80 Å². The van der Waals surface area contributed by atoms with Gasteiger partial charge in [-0.15, -0.1) is 10.2 Å². The number of furan rings is 2. The average Bonchev–Trinajstić information content (AvgIpc) is 3.80. The summed E-state index contributed by atoms with van der Waals surface area (Å²) >= 11 is 0. The second kappa shape index (κ2) is 12.9. The van der Waals surface area contributed by atoms with Crippen molar-refractivity contribution in [3.63, 3.8) is 0 Å². The maximum absolute atomic E-state index is 14.0. The molecule has 0 unspecified atom stereocenters. The number of benzene rings is 1. The number of tetrazole rings is 1. The lowest BCUT2D eigenvalue weighted by molar-refractivity contribution is -0.142. The summed E-state index contributed by atoms with van der Waals surface area (Å²) in [6, 6.07) is 11.8. The number of ether oxygens (including phenoxy) is 2. The maximum Gasteiger partial charge on any atom is 0.250 e. The highest BCUT2D eigenvalue weighted by molar-refractivity contribution is 5.88. The molecule has 4 aromatic rings. The highest BCUT2D eigenvalue weighted by atomic mass is 16.5. The van der Waals surface area contributed by atoms with Gasteiger partial charge in [0.2, 0.25) is 11.7 Å². The molecule has 1 fully saturated rings. The van der Waals surface area contributed by atoms with Gasteiger partial charge in [0.25, 0.3) is 5.91 Å². The van der Waals surface area contributed by atoms with Crippen molar-refractivity contribution in [1.82, 2.24) is 30.4 Å². The molecule has 0 spiro atoms. The van der Waals surface area contributed by atoms with Gasteiger partial charge >= 0.3 is 0 Å². The van der Waals surface area contributed by atoms with Gasteiger partial charge in [0.15, 0.2) is 23.3 Å². The summed E-state index contributed by atoms with van der Waals surface area (Å²) in [5.41, 5.74) is 0.908. The van der Waals surface area contributed by atoms with Crippen LogP contribution >= 0.6 is 0 Å². The van der Waals surface area contributed by atoms with Crippen LogP contribution in [0.4, 0.5) is 0 Å². The standard InChI is InChI=1S/C30H36N6O6/c1-19-9-12-24(41-19)28(30(38)31-22-7-5-6-8-22)35(16-15-21-11-14-23(39-3)26(17-21)40-4)27(37)18-36-33-29(32-34-36)25-13-10-20(2)42-25/h9-14,17,22,28H,5-8,15-16,18H2,1-4H3,(H,31,38)/t28-/m1/s1. The van der Waals surface area contributed by atoms with E-state index in [1.54, 1.807) is 38.5 Å². The number of nitrogens with one attached hydrogen (secondary N) is 1. The molecule has 1 aliphatic carbocycles. The number of aromatic nitrogens is 4. The van der Waals surface area contributed by atoms with Crippen LogP contribution in [0.5, 0.6) is 11.5 Å². The van der Waals surface area contributed by atoms with Crippen LogP contribution in [-0.2, 0) is 22.6 Å². The number of rotatable bonds is 12. The SMILES string of the molecule is COc1ccc(CCN(C(=O)Cn2nnc(-c3ccc(C)o3)n2)[C@@H](C(=O)NC2CCCC2)c2ccc(C)o2)cc1OC. The Morgan fingerprint density at radius 3 is 2.43 bits per heavy atom. The van der Waals surface area contributed by atoms with Crippen molar-refractivity contribution >= 4 is 11.8 Å². The normalized spacial score (nSPS) is 14.1. The van der Waals surface area contributed by atoms with E-state index in [0.717, 1.165) is 31.2 Å². The zero-order chi connectivity index (χ0) is 29.6. The summed E-state index contributed by atoms with van der Waals surface area (Å²) in [4.78, 5) is 30.5. The second-order valence-corrected chi connectivity index (χ2v) is 10.4. The van der Waals surface area contributed by atoms with Crippen molar-refractivity contribution in [3.8, 4) is 23.1 Å². The van der Waals surface area contributed by atoms with Crippen LogP contribution in [0.2, 0.25) is 0 Å². The summed E-state index contributed by atoms with van der Waals surface area (Å²) in [5, 5.41) is 15.6. The summed E-state index contributed by atoms with van der Waals surface area (Å²) in [7, 11) is 3.15. The van der Waals surface area contributed by atoms with E-state index in [1.165, 1.54) is 9.70 Å². The molecule has 3 aromatic heterocycles. The molecule has 1 saturated carbocycles. The minimum atomic E-state index is -0.984. The molecule has 12 heteroatoms. The number of hydrogen-bond acceptors (Lipinski definition) is 9. The van der Waals surface area contributed by atoms with Crippen LogP contribution in [0.25, 0.3) is 11.6 Å². The van der Waals surface area contributed by atoms with Gasteiger partial charge in [-0.1, -0.05) is 18.9 Å². The first-order valence-electron chi connectivity index (χ1n) is 14.1. The van der Waals surface area contributed by atoms with E-state index < -0.39 is 6.04 Å². The van der Waals surface area contributed by atoms with E-state index in [-0.39, 0.29) is 36.8 Å². The maximum atomic E-state index is 14.0. The van der Waals surface area contributed by atoms with E-state index in [9.17, 15) is 9.59 Å². The highest BCUT2D eigenvalue weighted by Crippen LogP contribution is 2.30. The van der Waals surface area contributed by atoms with Gasteiger partial charge in [0.05, 0.1) is 14.2 Å². The molecule has 1 aliphatic rings. The van der Waals surface area contributed by atoms with E-state index in [4.69, 9.17) is 18.3 Å². The number of carbonyl (C=O) groups is 2. The number of aryl methyl sites for hydroxylation is 2. The van der Waals surface area contributed by atoms with Crippen molar-refractivity contribution in [2.24, 2.45) is 0 Å². The van der Waals surface area contributed by atoms with E-state index in [1.807, 2.05) is 32.0 Å². The molecular weight excluding hydrogens is 540 g/mol. The molecule has 1 N–H and O–H groups in total. The van der Waals surface area contributed by atoms with Gasteiger partial charge in [-0.25, -0.2) is 0 Å². The number of methoxy groups -OCH3 is 2. The number of amides is 2. The van der Waals surface area contributed by atoms with Gasteiger partial charge in [-0.05, 0) is 80.3 Å². The third kappa shape index (κ3) is 6.64. The summed E-state index contributed by atoms with van der Waals surface area (Å²) in [5.74, 6) is 3.01. The van der Waals surface area contributed by atoms with Crippen LogP contribution in [0, 0.1) is 13.8 Å². The number of hydrogen-bond donors (Lipinski definition) is 1. The Labute approximate surface area is 244 Å². The average molecular weight is 577 g/mol. The van der Waals surface area contributed by atoms with E-state index >= 15 is 0 Å². The first kappa shape index (κ1) is 28.9. The van der Waals surface area contributed by atoms with Gasteiger partial charge in [0, 0.05) is 12.6 Å². The van der Waals surface area contributed by atoms with Crippen LogP contribution in [0.3, 0.4) is 0 Å². The van der Waals surface area contributed by atoms with Crippen LogP contribution in [-0.4, -0.2) is 63.7 Å². The fourth-order valence-corrected chi connectivity index (χ4v) is 5.23. The largest absolute Gasteiger partial charge is 0.493 e. The van der Waals surface area contributed by atoms with Gasteiger partial charge < -0.3 is 28.5 Å². The summed E-state index contributed by atoms with van der Waals surface area (Å²) in [6.07, 6.45) is 4.39. The van der Waals surface area contributed by atoms with Crippen molar-refractivity contribution in [1.29, 1.82) is 0 Å². The van der Waals surface area contributed by atoms with E-state index in [2.05, 4.69) is 20.7 Å².